The summed E-state index contributed by atoms with van der Waals surface area (Å²) in [7, 11) is 0. The minimum atomic E-state index is -0.0840. The monoisotopic (exact) mass is 342 g/mol. The van der Waals surface area contributed by atoms with Crippen LogP contribution in [0.15, 0.2) is 30.3 Å². The van der Waals surface area contributed by atoms with Crippen molar-refractivity contribution in [3.63, 3.8) is 0 Å². The molecule has 126 valence electrons. The van der Waals surface area contributed by atoms with E-state index in [1.165, 1.54) is 22.3 Å². The fourth-order valence-electron chi connectivity index (χ4n) is 2.98. The summed E-state index contributed by atoms with van der Waals surface area (Å²) in [6.07, 6.45) is 2.14. The summed E-state index contributed by atoms with van der Waals surface area (Å²) in [4.78, 5) is 12.1. The molecule has 0 bridgehead atoms. The molecular weight excluding hydrogens is 320 g/mol. The first-order valence-corrected chi connectivity index (χ1v) is 8.73. The van der Waals surface area contributed by atoms with Gasteiger partial charge in [-0.15, -0.1) is 0 Å². The molecule has 4 heteroatoms. The second-order valence-corrected chi connectivity index (χ2v) is 7.08. The Kier molecular flexibility index (Phi) is 4.81. The van der Waals surface area contributed by atoms with E-state index in [1.54, 1.807) is 6.07 Å². The number of benzene rings is 2. The van der Waals surface area contributed by atoms with Gasteiger partial charge in [-0.05, 0) is 68.5 Å². The van der Waals surface area contributed by atoms with Gasteiger partial charge < -0.3 is 10.6 Å². The van der Waals surface area contributed by atoms with Crippen LogP contribution in [-0.4, -0.2) is 11.9 Å². The van der Waals surface area contributed by atoms with Gasteiger partial charge in [-0.3, -0.25) is 4.79 Å². The summed E-state index contributed by atoms with van der Waals surface area (Å²) in [6, 6.07) is 10.2. The SMILES string of the molecule is Cc1cc(C)c(CNc2ccc(C(=O)NC3CC3)c(Cl)c2)c(C)c1. The molecule has 2 aromatic rings. The third-order valence-electron chi connectivity index (χ3n) is 4.44. The normalized spacial score (nSPS) is 13.7. The van der Waals surface area contributed by atoms with E-state index in [1.807, 2.05) is 12.1 Å². The third-order valence-corrected chi connectivity index (χ3v) is 4.75. The molecule has 2 aromatic carbocycles. The number of halogens is 1. The van der Waals surface area contributed by atoms with Crippen molar-refractivity contribution in [2.75, 3.05) is 5.32 Å². The number of hydrogen-bond donors (Lipinski definition) is 2. The number of rotatable bonds is 5. The summed E-state index contributed by atoms with van der Waals surface area (Å²) in [5.74, 6) is -0.0840. The summed E-state index contributed by atoms with van der Waals surface area (Å²) in [5.41, 5.74) is 6.60. The average molecular weight is 343 g/mol. The Morgan fingerprint density at radius 3 is 2.38 bits per heavy atom. The minimum Gasteiger partial charge on any atom is -0.381 e. The van der Waals surface area contributed by atoms with Crippen molar-refractivity contribution in [1.82, 2.24) is 5.32 Å². The van der Waals surface area contributed by atoms with E-state index in [-0.39, 0.29) is 5.91 Å². The van der Waals surface area contributed by atoms with Gasteiger partial charge in [-0.25, -0.2) is 0 Å². The molecule has 1 aliphatic rings. The molecule has 1 amide bonds. The Morgan fingerprint density at radius 1 is 1.12 bits per heavy atom. The topological polar surface area (TPSA) is 41.1 Å². The van der Waals surface area contributed by atoms with Crippen molar-refractivity contribution in [3.8, 4) is 0 Å². The van der Waals surface area contributed by atoms with Crippen LogP contribution in [0.5, 0.6) is 0 Å². The molecule has 1 aliphatic carbocycles. The lowest BCUT2D eigenvalue weighted by Gasteiger charge is -2.14. The Labute approximate surface area is 148 Å². The lowest BCUT2D eigenvalue weighted by molar-refractivity contribution is 0.0951. The first kappa shape index (κ1) is 16.8. The molecule has 3 rings (SSSR count). The van der Waals surface area contributed by atoms with Crippen LogP contribution in [0.4, 0.5) is 5.69 Å². The fourth-order valence-corrected chi connectivity index (χ4v) is 3.25. The second kappa shape index (κ2) is 6.86. The molecule has 0 spiro atoms. The maximum absolute atomic E-state index is 12.1. The number of carbonyl (C=O) groups excluding carboxylic acids is 1. The van der Waals surface area contributed by atoms with Gasteiger partial charge in [-0.1, -0.05) is 29.3 Å². The van der Waals surface area contributed by atoms with E-state index in [2.05, 4.69) is 43.5 Å². The van der Waals surface area contributed by atoms with Crippen molar-refractivity contribution < 1.29 is 4.79 Å². The van der Waals surface area contributed by atoms with Gasteiger partial charge in [0.15, 0.2) is 0 Å². The zero-order valence-corrected chi connectivity index (χ0v) is 15.1. The van der Waals surface area contributed by atoms with E-state index in [4.69, 9.17) is 11.6 Å². The molecule has 0 aromatic heterocycles. The molecule has 1 saturated carbocycles. The predicted octanol–water partition coefficient (Wildman–Crippen LogP) is 4.77. The van der Waals surface area contributed by atoms with Gasteiger partial charge in [0.2, 0.25) is 0 Å². The molecule has 0 atom stereocenters. The van der Waals surface area contributed by atoms with E-state index in [9.17, 15) is 4.79 Å². The predicted molar refractivity (Wildman–Crippen MR) is 99.9 cm³/mol. The Bertz CT molecular complexity index is 758. The van der Waals surface area contributed by atoms with Crippen LogP contribution in [0.2, 0.25) is 5.02 Å². The number of anilines is 1. The van der Waals surface area contributed by atoms with E-state index in [0.29, 0.717) is 16.6 Å². The molecule has 2 N–H and O–H groups in total. The summed E-state index contributed by atoms with van der Waals surface area (Å²) in [6.45, 7) is 7.12. The molecular formula is C20H23ClN2O. The number of amides is 1. The van der Waals surface area contributed by atoms with Gasteiger partial charge in [0.25, 0.3) is 5.91 Å². The van der Waals surface area contributed by atoms with Crippen molar-refractivity contribution >= 4 is 23.2 Å². The molecule has 1 fully saturated rings. The molecule has 0 radical (unpaired) electrons. The lowest BCUT2D eigenvalue weighted by Crippen LogP contribution is -2.25. The van der Waals surface area contributed by atoms with Gasteiger partial charge in [0.1, 0.15) is 0 Å². The average Bonchev–Trinajstić information content (AvgIpc) is 3.30. The van der Waals surface area contributed by atoms with Crippen molar-refractivity contribution in [2.45, 2.75) is 46.2 Å². The molecule has 3 nitrogen and oxygen atoms in total. The zero-order valence-electron chi connectivity index (χ0n) is 14.4. The van der Waals surface area contributed by atoms with E-state index >= 15 is 0 Å². The van der Waals surface area contributed by atoms with Crippen molar-refractivity contribution in [1.29, 1.82) is 0 Å². The largest absolute Gasteiger partial charge is 0.381 e. The van der Waals surface area contributed by atoms with Crippen LogP contribution in [-0.2, 0) is 6.54 Å². The van der Waals surface area contributed by atoms with Crippen molar-refractivity contribution in [3.05, 3.63) is 63.2 Å². The Balaban J connectivity index is 1.70. The van der Waals surface area contributed by atoms with Crippen molar-refractivity contribution in [2.24, 2.45) is 0 Å². The molecule has 24 heavy (non-hydrogen) atoms. The molecule has 0 unspecified atom stereocenters. The highest BCUT2D eigenvalue weighted by molar-refractivity contribution is 6.34. The van der Waals surface area contributed by atoms with Gasteiger partial charge in [-0.2, -0.15) is 0 Å². The minimum absolute atomic E-state index is 0.0840. The zero-order chi connectivity index (χ0) is 17.3. The number of nitrogens with one attached hydrogen (secondary N) is 2. The fraction of sp³-hybridized carbons (Fsp3) is 0.350. The van der Waals surface area contributed by atoms with Gasteiger partial charge >= 0.3 is 0 Å². The standard InChI is InChI=1S/C20H23ClN2O/c1-12-8-13(2)18(14(3)9-12)11-22-16-6-7-17(19(21)10-16)20(24)23-15-4-5-15/h6-10,15,22H,4-5,11H2,1-3H3,(H,23,24). The summed E-state index contributed by atoms with van der Waals surface area (Å²) in [5, 5.41) is 6.85. The first-order valence-electron chi connectivity index (χ1n) is 8.35. The smallest absolute Gasteiger partial charge is 0.253 e. The maximum Gasteiger partial charge on any atom is 0.253 e. The van der Waals surface area contributed by atoms with E-state index < -0.39 is 0 Å². The van der Waals surface area contributed by atoms with Crippen LogP contribution in [0.1, 0.15) is 45.5 Å². The highest BCUT2D eigenvalue weighted by Crippen LogP contribution is 2.25. The maximum atomic E-state index is 12.1. The van der Waals surface area contributed by atoms with Gasteiger partial charge in [0.05, 0.1) is 10.6 Å². The van der Waals surface area contributed by atoms with Crippen LogP contribution < -0.4 is 10.6 Å². The van der Waals surface area contributed by atoms with Crippen LogP contribution in [0.3, 0.4) is 0 Å². The lowest BCUT2D eigenvalue weighted by atomic mass is 10.00. The van der Waals surface area contributed by atoms with E-state index in [0.717, 1.165) is 25.1 Å². The third kappa shape index (κ3) is 3.90. The first-order chi connectivity index (χ1) is 11.4. The number of aryl methyl sites for hydroxylation is 3. The number of carbonyl (C=O) groups is 1. The molecule has 0 aliphatic heterocycles. The Hall–Kier alpha value is -2.00. The molecule has 0 saturated heterocycles. The highest BCUT2D eigenvalue weighted by atomic mass is 35.5. The van der Waals surface area contributed by atoms with Crippen LogP contribution in [0, 0.1) is 20.8 Å². The highest BCUT2D eigenvalue weighted by Gasteiger charge is 2.24. The van der Waals surface area contributed by atoms with Gasteiger partial charge in [0, 0.05) is 18.3 Å². The number of hydrogen-bond acceptors (Lipinski definition) is 2. The summed E-state index contributed by atoms with van der Waals surface area (Å²) >= 11 is 6.29. The molecule has 0 heterocycles. The van der Waals surface area contributed by atoms with Crippen LogP contribution in [0.25, 0.3) is 0 Å². The second-order valence-electron chi connectivity index (χ2n) is 6.67. The summed E-state index contributed by atoms with van der Waals surface area (Å²) < 4.78 is 0. The Morgan fingerprint density at radius 2 is 1.79 bits per heavy atom. The van der Waals surface area contributed by atoms with Crippen LogP contribution >= 0.6 is 11.6 Å². The quantitative estimate of drug-likeness (QED) is 0.821.